The van der Waals surface area contributed by atoms with Gasteiger partial charge < -0.3 is 15.4 Å². The van der Waals surface area contributed by atoms with E-state index in [1.807, 2.05) is 25.7 Å². The predicted molar refractivity (Wildman–Crippen MR) is 66.6 cm³/mol. The Kier molecular flexibility index (Phi) is 3.34. The molecule has 2 bridgehead atoms. The zero-order valence-corrected chi connectivity index (χ0v) is 11.1. The van der Waals surface area contributed by atoms with Gasteiger partial charge in [0.2, 0.25) is 0 Å². The van der Waals surface area contributed by atoms with Gasteiger partial charge >= 0.3 is 6.09 Å². The van der Waals surface area contributed by atoms with Gasteiger partial charge in [0.15, 0.2) is 0 Å². The Morgan fingerprint density at radius 3 is 2.18 bits per heavy atom. The van der Waals surface area contributed by atoms with Gasteiger partial charge in [0.05, 0.1) is 0 Å². The summed E-state index contributed by atoms with van der Waals surface area (Å²) in [6.45, 7) is 7.36. The molecular weight excluding hydrogens is 216 g/mol. The van der Waals surface area contributed by atoms with Gasteiger partial charge in [-0.25, -0.2) is 4.79 Å². The summed E-state index contributed by atoms with van der Waals surface area (Å²) in [7, 11) is 0. The second-order valence-electron chi connectivity index (χ2n) is 6.58. The smallest absolute Gasteiger partial charge is 0.410 e. The van der Waals surface area contributed by atoms with Gasteiger partial charge in [-0.2, -0.15) is 0 Å². The van der Waals surface area contributed by atoms with Gasteiger partial charge in [-0.05, 0) is 51.9 Å². The SMILES string of the molecule is CC(C)(C)OC(=O)N1C[C@@H]2CC(N)C[C@@H](C2)C1. The minimum Gasteiger partial charge on any atom is -0.444 e. The lowest BCUT2D eigenvalue weighted by Gasteiger charge is -2.43. The average Bonchev–Trinajstić information content (AvgIpc) is 2.12. The van der Waals surface area contributed by atoms with Crippen molar-refractivity contribution in [2.24, 2.45) is 17.6 Å². The first kappa shape index (κ1) is 12.7. The molecular formula is C13H24N2O2. The Hall–Kier alpha value is -0.770. The number of nitrogens with zero attached hydrogens (tertiary/aromatic N) is 1. The highest BCUT2D eigenvalue weighted by Gasteiger charge is 2.36. The topological polar surface area (TPSA) is 55.6 Å². The molecule has 0 aromatic heterocycles. The molecule has 4 nitrogen and oxygen atoms in total. The van der Waals surface area contributed by atoms with Crippen LogP contribution in [0.25, 0.3) is 0 Å². The van der Waals surface area contributed by atoms with Crippen molar-refractivity contribution in [2.45, 2.75) is 51.7 Å². The van der Waals surface area contributed by atoms with Crippen molar-refractivity contribution in [3.8, 4) is 0 Å². The third-order valence-corrected chi connectivity index (χ3v) is 3.55. The van der Waals surface area contributed by atoms with Gasteiger partial charge in [0.1, 0.15) is 5.60 Å². The fraction of sp³-hybridized carbons (Fsp3) is 0.923. The molecule has 2 aliphatic rings. The lowest BCUT2D eigenvalue weighted by molar-refractivity contribution is 0.00165. The fourth-order valence-electron chi connectivity index (χ4n) is 3.09. The summed E-state index contributed by atoms with van der Waals surface area (Å²) in [4.78, 5) is 13.9. The highest BCUT2D eigenvalue weighted by atomic mass is 16.6. The van der Waals surface area contributed by atoms with E-state index in [-0.39, 0.29) is 6.09 Å². The zero-order valence-electron chi connectivity index (χ0n) is 11.1. The number of nitrogens with two attached hydrogens (primary N) is 1. The molecule has 0 aromatic carbocycles. The number of rotatable bonds is 0. The van der Waals surface area contributed by atoms with Crippen LogP contribution in [0.15, 0.2) is 0 Å². The third-order valence-electron chi connectivity index (χ3n) is 3.55. The number of fused-ring (bicyclic) bond motifs is 2. The summed E-state index contributed by atoms with van der Waals surface area (Å²) in [5.74, 6) is 1.15. The van der Waals surface area contributed by atoms with Crippen LogP contribution in [0.1, 0.15) is 40.0 Å². The maximum absolute atomic E-state index is 12.0. The van der Waals surface area contributed by atoms with Crippen LogP contribution < -0.4 is 5.73 Å². The molecule has 0 spiro atoms. The molecule has 4 heteroatoms. The minimum atomic E-state index is -0.403. The molecule has 0 radical (unpaired) electrons. The van der Waals surface area contributed by atoms with Crippen LogP contribution in [0.4, 0.5) is 4.79 Å². The average molecular weight is 240 g/mol. The summed E-state index contributed by atoms with van der Waals surface area (Å²) >= 11 is 0. The number of amides is 1. The summed E-state index contributed by atoms with van der Waals surface area (Å²) in [6, 6.07) is 0.333. The number of likely N-dealkylation sites (tertiary alicyclic amines) is 1. The summed E-state index contributed by atoms with van der Waals surface area (Å²) in [6.07, 6.45) is 3.17. The van der Waals surface area contributed by atoms with Crippen LogP contribution in [-0.4, -0.2) is 35.7 Å². The largest absolute Gasteiger partial charge is 0.444 e. The first-order valence-corrected chi connectivity index (χ1v) is 6.57. The minimum absolute atomic E-state index is 0.164. The molecule has 2 fully saturated rings. The van der Waals surface area contributed by atoms with E-state index in [4.69, 9.17) is 10.5 Å². The Morgan fingerprint density at radius 1 is 1.18 bits per heavy atom. The van der Waals surface area contributed by atoms with Crippen molar-refractivity contribution in [3.05, 3.63) is 0 Å². The molecule has 17 heavy (non-hydrogen) atoms. The number of hydrogen-bond acceptors (Lipinski definition) is 3. The van der Waals surface area contributed by atoms with Crippen LogP contribution >= 0.6 is 0 Å². The van der Waals surface area contributed by atoms with Crippen molar-refractivity contribution in [1.82, 2.24) is 4.90 Å². The molecule has 1 aliphatic heterocycles. The monoisotopic (exact) mass is 240 g/mol. The van der Waals surface area contributed by atoms with Crippen LogP contribution in [0.3, 0.4) is 0 Å². The normalized spacial score (nSPS) is 33.4. The second-order valence-corrected chi connectivity index (χ2v) is 6.58. The number of piperidine rings is 1. The lowest BCUT2D eigenvalue weighted by atomic mass is 9.76. The van der Waals surface area contributed by atoms with E-state index in [2.05, 4.69) is 0 Å². The van der Waals surface area contributed by atoms with Gasteiger partial charge in [-0.1, -0.05) is 0 Å². The van der Waals surface area contributed by atoms with E-state index >= 15 is 0 Å². The fourth-order valence-corrected chi connectivity index (χ4v) is 3.09. The first-order valence-electron chi connectivity index (χ1n) is 6.57. The van der Waals surface area contributed by atoms with Gasteiger partial charge in [-0.3, -0.25) is 0 Å². The van der Waals surface area contributed by atoms with Crippen LogP contribution in [0.2, 0.25) is 0 Å². The van der Waals surface area contributed by atoms with Crippen molar-refractivity contribution in [2.75, 3.05) is 13.1 Å². The molecule has 0 aromatic rings. The molecule has 2 rings (SSSR count). The molecule has 1 heterocycles. The maximum atomic E-state index is 12.0. The Labute approximate surface area is 103 Å². The van der Waals surface area contributed by atoms with Crippen LogP contribution in [0, 0.1) is 11.8 Å². The second kappa shape index (κ2) is 4.48. The Balaban J connectivity index is 1.94. The summed E-state index contributed by atoms with van der Waals surface area (Å²) < 4.78 is 5.43. The number of ether oxygens (including phenoxy) is 1. The molecule has 1 saturated heterocycles. The standard InChI is InChI=1S/C13H24N2O2/c1-13(2,3)17-12(16)15-7-9-4-10(8-15)6-11(14)5-9/h9-11H,4-8,14H2,1-3H3/t9-,10+,11?. The van der Waals surface area contributed by atoms with E-state index in [0.29, 0.717) is 17.9 Å². The van der Waals surface area contributed by atoms with E-state index in [1.165, 1.54) is 6.42 Å². The number of carbonyl (C=O) groups is 1. The zero-order chi connectivity index (χ0) is 12.6. The molecule has 2 N–H and O–H groups in total. The van der Waals surface area contributed by atoms with Crippen LogP contribution in [-0.2, 0) is 4.74 Å². The van der Waals surface area contributed by atoms with Gasteiger partial charge in [-0.15, -0.1) is 0 Å². The van der Waals surface area contributed by atoms with E-state index in [9.17, 15) is 4.79 Å². The van der Waals surface area contributed by atoms with E-state index < -0.39 is 5.60 Å². The van der Waals surface area contributed by atoms with E-state index in [1.54, 1.807) is 0 Å². The van der Waals surface area contributed by atoms with Crippen molar-refractivity contribution in [1.29, 1.82) is 0 Å². The highest BCUT2D eigenvalue weighted by Crippen LogP contribution is 2.34. The van der Waals surface area contributed by atoms with Crippen LogP contribution in [0.5, 0.6) is 0 Å². The number of hydrogen-bond donors (Lipinski definition) is 1. The summed E-state index contributed by atoms with van der Waals surface area (Å²) in [5.41, 5.74) is 5.61. The number of carbonyl (C=O) groups excluding carboxylic acids is 1. The predicted octanol–water partition coefficient (Wildman–Crippen LogP) is 1.98. The molecule has 1 aliphatic carbocycles. The molecule has 3 atom stereocenters. The van der Waals surface area contributed by atoms with E-state index in [0.717, 1.165) is 25.9 Å². The Morgan fingerprint density at radius 2 is 1.71 bits per heavy atom. The maximum Gasteiger partial charge on any atom is 0.410 e. The first-order chi connectivity index (χ1) is 7.83. The molecule has 1 amide bonds. The summed E-state index contributed by atoms with van der Waals surface area (Å²) in [5, 5.41) is 0. The molecule has 98 valence electrons. The van der Waals surface area contributed by atoms with Crippen molar-refractivity contribution >= 4 is 6.09 Å². The quantitative estimate of drug-likeness (QED) is 0.704. The van der Waals surface area contributed by atoms with Crippen molar-refractivity contribution < 1.29 is 9.53 Å². The highest BCUT2D eigenvalue weighted by molar-refractivity contribution is 5.68. The third kappa shape index (κ3) is 3.35. The molecule has 1 saturated carbocycles. The van der Waals surface area contributed by atoms with Gasteiger partial charge in [0.25, 0.3) is 0 Å². The lowest BCUT2D eigenvalue weighted by Crippen LogP contribution is -2.50. The van der Waals surface area contributed by atoms with Crippen molar-refractivity contribution in [3.63, 3.8) is 0 Å². The van der Waals surface area contributed by atoms with Gasteiger partial charge in [0, 0.05) is 19.1 Å². The Bertz CT molecular complexity index is 280. The molecule has 1 unspecified atom stereocenters.